The van der Waals surface area contributed by atoms with E-state index in [1.54, 1.807) is 13.8 Å². The first-order valence-electron chi connectivity index (χ1n) is 5.03. The highest BCUT2D eigenvalue weighted by molar-refractivity contribution is 14.1. The summed E-state index contributed by atoms with van der Waals surface area (Å²) in [6, 6.07) is 6.14. The molecule has 1 aromatic carbocycles. The molecule has 0 aliphatic carbocycles. The molecule has 17 heavy (non-hydrogen) atoms. The van der Waals surface area contributed by atoms with Gasteiger partial charge in [-0.25, -0.2) is 0 Å². The van der Waals surface area contributed by atoms with Crippen molar-refractivity contribution in [2.45, 2.75) is 25.4 Å². The van der Waals surface area contributed by atoms with Crippen molar-refractivity contribution in [2.75, 3.05) is 0 Å². The van der Waals surface area contributed by atoms with E-state index < -0.39 is 0 Å². The van der Waals surface area contributed by atoms with Crippen molar-refractivity contribution in [3.05, 3.63) is 32.9 Å². The monoisotopic (exact) mass is 380 g/mol. The van der Waals surface area contributed by atoms with Gasteiger partial charge in [-0.2, -0.15) is 0 Å². The normalized spacial score (nSPS) is 10.3. The lowest BCUT2D eigenvalue weighted by molar-refractivity contribution is -0.109. The van der Waals surface area contributed by atoms with Crippen LogP contribution < -0.4 is 0 Å². The molecule has 0 spiro atoms. The highest BCUT2D eigenvalue weighted by atomic mass is 127. The second kappa shape index (κ2) is 7.43. The molecule has 0 fully saturated rings. The molecule has 92 valence electrons. The van der Waals surface area contributed by atoms with Gasteiger partial charge < -0.3 is 0 Å². The zero-order valence-corrected chi connectivity index (χ0v) is 13.4. The van der Waals surface area contributed by atoms with Crippen LogP contribution in [0.1, 0.15) is 25.0 Å². The Morgan fingerprint density at radius 3 is 2.29 bits per heavy atom. The maximum absolute atomic E-state index is 10.9. The third-order valence-electron chi connectivity index (χ3n) is 1.98. The van der Waals surface area contributed by atoms with Gasteiger partial charge >= 0.3 is 0 Å². The third-order valence-corrected chi connectivity index (χ3v) is 4.78. The van der Waals surface area contributed by atoms with Crippen LogP contribution in [0.5, 0.6) is 0 Å². The molecule has 1 rings (SSSR count). The van der Waals surface area contributed by atoms with Gasteiger partial charge in [-0.05, 0) is 39.8 Å². The quantitative estimate of drug-likeness (QED) is 0.744. The average Bonchev–Trinajstić information content (AvgIpc) is 2.26. The molecule has 0 aliphatic heterocycles. The van der Waals surface area contributed by atoms with Gasteiger partial charge in [0.05, 0.1) is 0 Å². The van der Waals surface area contributed by atoms with Crippen LogP contribution in [-0.4, -0.2) is 10.2 Å². The number of rotatable bonds is 4. The molecule has 0 aromatic heterocycles. The zero-order valence-electron chi connectivity index (χ0n) is 9.66. The van der Waals surface area contributed by atoms with Crippen LogP contribution in [0.2, 0.25) is 0 Å². The SMILES string of the molecule is CC(=O)SCc1ccc(I)c(CSC(C)=O)c1. The lowest BCUT2D eigenvalue weighted by Gasteiger charge is -2.06. The lowest BCUT2D eigenvalue weighted by atomic mass is 10.2. The summed E-state index contributed by atoms with van der Waals surface area (Å²) in [5, 5.41) is 0.257. The third kappa shape index (κ3) is 5.92. The Labute approximate surface area is 123 Å². The predicted octanol–water partition coefficient (Wildman–Crippen LogP) is 3.85. The molecule has 1 aromatic rings. The van der Waals surface area contributed by atoms with Crippen LogP contribution in [0.4, 0.5) is 0 Å². The van der Waals surface area contributed by atoms with Gasteiger partial charge in [0.25, 0.3) is 0 Å². The topological polar surface area (TPSA) is 34.1 Å². The summed E-state index contributed by atoms with van der Waals surface area (Å²) in [6.45, 7) is 3.15. The molecule has 0 atom stereocenters. The Kier molecular flexibility index (Phi) is 6.58. The van der Waals surface area contributed by atoms with Crippen molar-refractivity contribution in [3.63, 3.8) is 0 Å². The summed E-state index contributed by atoms with van der Waals surface area (Å²) in [6.07, 6.45) is 0. The van der Waals surface area contributed by atoms with Gasteiger partial charge in [-0.15, -0.1) is 0 Å². The molecular formula is C12H13IO2S2. The largest absolute Gasteiger partial charge is 0.288 e. The summed E-state index contributed by atoms with van der Waals surface area (Å²) >= 11 is 4.89. The molecule has 0 saturated carbocycles. The number of carbonyl (C=O) groups is 2. The van der Waals surface area contributed by atoms with Crippen molar-refractivity contribution in [1.82, 2.24) is 0 Å². The van der Waals surface area contributed by atoms with Gasteiger partial charge in [-0.1, -0.05) is 35.7 Å². The number of hydrogen-bond donors (Lipinski definition) is 0. The maximum atomic E-state index is 10.9. The lowest BCUT2D eigenvalue weighted by Crippen LogP contribution is -1.93. The van der Waals surface area contributed by atoms with E-state index in [1.807, 2.05) is 12.1 Å². The van der Waals surface area contributed by atoms with Crippen molar-refractivity contribution < 1.29 is 9.59 Å². The molecule has 0 bridgehead atoms. The second-order valence-corrected chi connectivity index (χ2v) is 6.95. The van der Waals surface area contributed by atoms with E-state index in [0.717, 1.165) is 14.7 Å². The number of thioether (sulfide) groups is 2. The van der Waals surface area contributed by atoms with E-state index in [2.05, 4.69) is 28.7 Å². The first kappa shape index (κ1) is 15.0. The Morgan fingerprint density at radius 1 is 1.12 bits per heavy atom. The number of hydrogen-bond acceptors (Lipinski definition) is 4. The van der Waals surface area contributed by atoms with Gasteiger partial charge in [-0.3, -0.25) is 9.59 Å². The van der Waals surface area contributed by atoms with Crippen LogP contribution >= 0.6 is 46.1 Å². The fraction of sp³-hybridized carbons (Fsp3) is 0.333. The van der Waals surface area contributed by atoms with Crippen LogP contribution in [0.25, 0.3) is 0 Å². The van der Waals surface area contributed by atoms with Crippen LogP contribution in [-0.2, 0) is 21.1 Å². The van der Waals surface area contributed by atoms with Gasteiger partial charge in [0.2, 0.25) is 0 Å². The first-order chi connectivity index (χ1) is 7.99. The van der Waals surface area contributed by atoms with Crippen molar-refractivity contribution in [2.24, 2.45) is 0 Å². The highest BCUT2D eigenvalue weighted by Gasteiger charge is 2.05. The summed E-state index contributed by atoms with van der Waals surface area (Å²) in [5.41, 5.74) is 2.29. The Morgan fingerprint density at radius 2 is 1.71 bits per heavy atom. The summed E-state index contributed by atoms with van der Waals surface area (Å²) in [5.74, 6) is 1.40. The minimum absolute atomic E-state index is 0.128. The minimum atomic E-state index is 0.128. The molecule has 0 unspecified atom stereocenters. The fourth-order valence-corrected chi connectivity index (χ4v) is 3.12. The van der Waals surface area contributed by atoms with Crippen LogP contribution in [0.3, 0.4) is 0 Å². The van der Waals surface area contributed by atoms with Crippen LogP contribution in [0, 0.1) is 3.57 Å². The molecule has 0 aliphatic rings. The van der Waals surface area contributed by atoms with E-state index in [9.17, 15) is 9.59 Å². The number of halogens is 1. The standard InChI is InChI=1S/C12H13IO2S2/c1-8(14)16-6-10-3-4-12(13)11(5-10)7-17-9(2)15/h3-5H,6-7H2,1-2H3. The van der Waals surface area contributed by atoms with Crippen molar-refractivity contribution in [3.8, 4) is 0 Å². The molecule has 0 heterocycles. The van der Waals surface area contributed by atoms with E-state index >= 15 is 0 Å². The average molecular weight is 380 g/mol. The fourth-order valence-electron chi connectivity index (χ4n) is 1.19. The Bertz CT molecular complexity index is 433. The van der Waals surface area contributed by atoms with Crippen molar-refractivity contribution >= 4 is 56.3 Å². The second-order valence-electron chi connectivity index (χ2n) is 3.49. The predicted molar refractivity (Wildman–Crippen MR) is 83.1 cm³/mol. The van der Waals surface area contributed by atoms with Gasteiger partial charge in [0, 0.05) is 28.9 Å². The van der Waals surface area contributed by atoms with E-state index in [4.69, 9.17) is 0 Å². The molecule has 0 radical (unpaired) electrons. The minimum Gasteiger partial charge on any atom is -0.288 e. The van der Waals surface area contributed by atoms with E-state index in [1.165, 1.54) is 23.5 Å². The number of benzene rings is 1. The Hall–Kier alpha value is -0.0100. The van der Waals surface area contributed by atoms with Gasteiger partial charge in [0.15, 0.2) is 10.2 Å². The van der Waals surface area contributed by atoms with Gasteiger partial charge in [0.1, 0.15) is 0 Å². The summed E-state index contributed by atoms with van der Waals surface area (Å²) < 4.78 is 1.16. The smallest absolute Gasteiger partial charge is 0.186 e. The van der Waals surface area contributed by atoms with Crippen LogP contribution in [0.15, 0.2) is 18.2 Å². The van der Waals surface area contributed by atoms with Crippen molar-refractivity contribution in [1.29, 1.82) is 0 Å². The molecule has 0 saturated heterocycles. The molecular weight excluding hydrogens is 367 g/mol. The summed E-state index contributed by atoms with van der Waals surface area (Å²) in [4.78, 5) is 21.8. The first-order valence-corrected chi connectivity index (χ1v) is 8.08. The van der Waals surface area contributed by atoms with E-state index in [-0.39, 0.29) is 10.2 Å². The van der Waals surface area contributed by atoms with E-state index in [0.29, 0.717) is 11.5 Å². The molecule has 2 nitrogen and oxygen atoms in total. The number of carbonyl (C=O) groups excluding carboxylic acids is 2. The molecule has 0 N–H and O–H groups in total. The highest BCUT2D eigenvalue weighted by Crippen LogP contribution is 2.22. The maximum Gasteiger partial charge on any atom is 0.186 e. The Balaban J connectivity index is 2.71. The molecule has 5 heteroatoms. The molecule has 0 amide bonds. The zero-order chi connectivity index (χ0) is 12.8. The summed E-state index contributed by atoms with van der Waals surface area (Å²) in [7, 11) is 0.